The summed E-state index contributed by atoms with van der Waals surface area (Å²) >= 11 is 6.16. The molecule has 1 aliphatic carbocycles. The van der Waals surface area contributed by atoms with Crippen LogP contribution in [0.15, 0.2) is 42.5 Å². The topological polar surface area (TPSA) is 72.9 Å². The Morgan fingerprint density at radius 1 is 1.06 bits per heavy atom. The second-order valence-corrected chi connectivity index (χ2v) is 8.69. The number of hydrogen-bond acceptors (Lipinski definition) is 5. The fourth-order valence-electron chi connectivity index (χ4n) is 4.45. The molecular weight excluding hydrogens is 418 g/mol. The molecule has 1 aliphatic heterocycles. The first-order valence-corrected chi connectivity index (χ1v) is 10.8. The first-order valence-electron chi connectivity index (χ1n) is 10.4. The summed E-state index contributed by atoms with van der Waals surface area (Å²) in [5.41, 5.74) is 0.988. The van der Waals surface area contributed by atoms with Crippen LogP contribution in [-0.4, -0.2) is 24.9 Å². The second-order valence-electron chi connectivity index (χ2n) is 8.25. The Bertz CT molecular complexity index is 1020. The SMILES string of the molecule is COc1ccc(CC(=O)Oc2ccc(Cl)cc2N2C(=O)C3CCC(C)CC3C2=O)cc1. The van der Waals surface area contributed by atoms with Gasteiger partial charge in [-0.15, -0.1) is 0 Å². The smallest absolute Gasteiger partial charge is 0.315 e. The lowest BCUT2D eigenvalue weighted by atomic mass is 9.76. The quantitative estimate of drug-likeness (QED) is 0.390. The molecule has 0 spiro atoms. The highest BCUT2D eigenvalue weighted by Crippen LogP contribution is 2.44. The molecule has 1 saturated heterocycles. The maximum atomic E-state index is 13.1. The number of esters is 1. The van der Waals surface area contributed by atoms with Crippen molar-refractivity contribution in [1.29, 1.82) is 0 Å². The normalized spacial score (nSPS) is 22.9. The van der Waals surface area contributed by atoms with Gasteiger partial charge in [0, 0.05) is 5.02 Å². The van der Waals surface area contributed by atoms with E-state index in [2.05, 4.69) is 6.92 Å². The fraction of sp³-hybridized carbons (Fsp3) is 0.375. The van der Waals surface area contributed by atoms with Crippen molar-refractivity contribution in [3.05, 3.63) is 53.1 Å². The van der Waals surface area contributed by atoms with Crippen molar-refractivity contribution in [3.8, 4) is 11.5 Å². The second kappa shape index (κ2) is 8.71. The van der Waals surface area contributed by atoms with Crippen LogP contribution in [0, 0.1) is 17.8 Å². The molecule has 6 nitrogen and oxygen atoms in total. The average Bonchev–Trinajstić information content (AvgIpc) is 2.99. The molecule has 7 heteroatoms. The minimum absolute atomic E-state index is 0.0384. The molecule has 162 valence electrons. The van der Waals surface area contributed by atoms with Crippen molar-refractivity contribution in [2.75, 3.05) is 12.0 Å². The van der Waals surface area contributed by atoms with Crippen molar-refractivity contribution >= 4 is 35.1 Å². The number of methoxy groups -OCH3 is 1. The van der Waals surface area contributed by atoms with Gasteiger partial charge in [-0.05, 0) is 61.1 Å². The molecule has 31 heavy (non-hydrogen) atoms. The third kappa shape index (κ3) is 4.30. The van der Waals surface area contributed by atoms with Gasteiger partial charge in [-0.25, -0.2) is 4.90 Å². The number of halogens is 1. The lowest BCUT2D eigenvalue weighted by Gasteiger charge is -2.25. The van der Waals surface area contributed by atoms with Gasteiger partial charge in [-0.1, -0.05) is 30.7 Å². The molecule has 0 bridgehead atoms. The Hall–Kier alpha value is -2.86. The van der Waals surface area contributed by atoms with E-state index in [0.29, 0.717) is 29.5 Å². The summed E-state index contributed by atoms with van der Waals surface area (Å²) in [6.07, 6.45) is 2.35. The van der Waals surface area contributed by atoms with Crippen LogP contribution in [0.3, 0.4) is 0 Å². The molecule has 4 rings (SSSR count). The summed E-state index contributed by atoms with van der Waals surface area (Å²) in [6, 6.07) is 11.7. The Balaban J connectivity index is 1.57. The Labute approximate surface area is 186 Å². The van der Waals surface area contributed by atoms with E-state index < -0.39 is 5.97 Å². The van der Waals surface area contributed by atoms with Crippen LogP contribution in [0.5, 0.6) is 11.5 Å². The van der Waals surface area contributed by atoms with Gasteiger partial charge in [0.25, 0.3) is 0 Å². The van der Waals surface area contributed by atoms with E-state index in [0.717, 1.165) is 16.9 Å². The molecule has 2 aromatic carbocycles. The highest BCUT2D eigenvalue weighted by Gasteiger charge is 2.50. The molecule has 1 heterocycles. The molecular formula is C24H24ClNO5. The van der Waals surface area contributed by atoms with Gasteiger partial charge >= 0.3 is 5.97 Å². The molecule has 1 saturated carbocycles. The summed E-state index contributed by atoms with van der Waals surface area (Å²) in [6.45, 7) is 2.10. The number of benzene rings is 2. The van der Waals surface area contributed by atoms with Crippen molar-refractivity contribution in [1.82, 2.24) is 0 Å². The van der Waals surface area contributed by atoms with Crippen molar-refractivity contribution in [2.24, 2.45) is 17.8 Å². The van der Waals surface area contributed by atoms with Gasteiger partial charge < -0.3 is 9.47 Å². The molecule has 2 fully saturated rings. The van der Waals surface area contributed by atoms with Crippen LogP contribution < -0.4 is 14.4 Å². The first kappa shape index (κ1) is 21.4. The molecule has 2 aromatic rings. The number of carbonyl (C=O) groups excluding carboxylic acids is 3. The van der Waals surface area contributed by atoms with Crippen LogP contribution in [-0.2, 0) is 20.8 Å². The van der Waals surface area contributed by atoms with E-state index in [1.54, 1.807) is 37.4 Å². The lowest BCUT2D eigenvalue weighted by Crippen LogP contribution is -2.31. The average molecular weight is 442 g/mol. The number of ether oxygens (including phenoxy) is 2. The van der Waals surface area contributed by atoms with Crippen LogP contribution in [0.4, 0.5) is 5.69 Å². The standard InChI is InChI=1S/C24H24ClNO5/c1-14-3-9-18-19(11-14)24(29)26(23(18)28)20-13-16(25)6-10-21(20)31-22(27)12-15-4-7-17(30-2)8-5-15/h4-8,10,13-14,18-19H,3,9,11-12H2,1-2H3. The number of imide groups is 1. The number of anilines is 1. The zero-order valence-electron chi connectivity index (χ0n) is 17.5. The largest absolute Gasteiger partial charge is 0.497 e. The summed E-state index contributed by atoms with van der Waals surface area (Å²) in [5.74, 6) is -0.371. The molecule has 2 amide bonds. The summed E-state index contributed by atoms with van der Waals surface area (Å²) in [7, 11) is 1.57. The van der Waals surface area contributed by atoms with E-state index in [9.17, 15) is 14.4 Å². The summed E-state index contributed by atoms with van der Waals surface area (Å²) in [5, 5.41) is 0.355. The van der Waals surface area contributed by atoms with E-state index in [4.69, 9.17) is 21.1 Å². The number of carbonyl (C=O) groups is 3. The predicted molar refractivity (Wildman–Crippen MR) is 116 cm³/mol. The zero-order chi connectivity index (χ0) is 22.1. The monoisotopic (exact) mass is 441 g/mol. The van der Waals surface area contributed by atoms with Crippen molar-refractivity contribution < 1.29 is 23.9 Å². The highest BCUT2D eigenvalue weighted by atomic mass is 35.5. The molecule has 3 atom stereocenters. The molecule has 0 aromatic heterocycles. The minimum Gasteiger partial charge on any atom is -0.497 e. The fourth-order valence-corrected chi connectivity index (χ4v) is 4.61. The zero-order valence-corrected chi connectivity index (χ0v) is 18.2. The van der Waals surface area contributed by atoms with Crippen molar-refractivity contribution in [3.63, 3.8) is 0 Å². The Morgan fingerprint density at radius 2 is 1.77 bits per heavy atom. The number of rotatable bonds is 5. The molecule has 2 aliphatic rings. The highest BCUT2D eigenvalue weighted by molar-refractivity contribution is 6.31. The first-order chi connectivity index (χ1) is 14.9. The third-order valence-corrected chi connectivity index (χ3v) is 6.32. The number of amides is 2. The maximum Gasteiger partial charge on any atom is 0.315 e. The van der Waals surface area contributed by atoms with Gasteiger partial charge in [0.05, 0.1) is 31.1 Å². The van der Waals surface area contributed by atoms with E-state index in [-0.39, 0.29) is 41.5 Å². The van der Waals surface area contributed by atoms with Crippen LogP contribution in [0.1, 0.15) is 31.7 Å². The molecule has 0 N–H and O–H groups in total. The van der Waals surface area contributed by atoms with Gasteiger partial charge in [-0.2, -0.15) is 0 Å². The maximum absolute atomic E-state index is 13.1. The predicted octanol–water partition coefficient (Wildman–Crippen LogP) is 4.42. The minimum atomic E-state index is -0.501. The van der Waals surface area contributed by atoms with E-state index in [1.807, 2.05) is 0 Å². The molecule has 3 unspecified atom stereocenters. The van der Waals surface area contributed by atoms with Crippen LogP contribution >= 0.6 is 11.6 Å². The van der Waals surface area contributed by atoms with Gasteiger partial charge in [0.2, 0.25) is 11.8 Å². The number of nitrogens with zero attached hydrogens (tertiary/aromatic N) is 1. The summed E-state index contributed by atoms with van der Waals surface area (Å²) < 4.78 is 10.7. The van der Waals surface area contributed by atoms with Crippen molar-refractivity contribution in [2.45, 2.75) is 32.6 Å². The Kier molecular flexibility index (Phi) is 6.01. The lowest BCUT2D eigenvalue weighted by molar-refractivity contribution is -0.133. The van der Waals surface area contributed by atoms with Gasteiger partial charge in [-0.3, -0.25) is 14.4 Å². The van der Waals surface area contributed by atoms with E-state index >= 15 is 0 Å². The van der Waals surface area contributed by atoms with Gasteiger partial charge in [0.15, 0.2) is 5.75 Å². The van der Waals surface area contributed by atoms with Gasteiger partial charge in [0.1, 0.15) is 5.75 Å². The number of hydrogen-bond donors (Lipinski definition) is 0. The van der Waals surface area contributed by atoms with E-state index in [1.165, 1.54) is 12.1 Å². The van der Waals surface area contributed by atoms with Crippen LogP contribution in [0.25, 0.3) is 0 Å². The van der Waals surface area contributed by atoms with Crippen LogP contribution in [0.2, 0.25) is 5.02 Å². The third-order valence-electron chi connectivity index (χ3n) is 6.08. The molecule has 0 radical (unpaired) electrons. The number of fused-ring (bicyclic) bond motifs is 1. The Morgan fingerprint density at radius 3 is 2.48 bits per heavy atom. The summed E-state index contributed by atoms with van der Waals surface area (Å²) in [4.78, 5) is 39.9.